The summed E-state index contributed by atoms with van der Waals surface area (Å²) in [6, 6.07) is 5.13. The minimum Gasteiger partial charge on any atom is -0.326 e. The summed E-state index contributed by atoms with van der Waals surface area (Å²) in [6.07, 6.45) is 0.787. The second-order valence-electron chi connectivity index (χ2n) is 4.75. The number of rotatable bonds is 9. The van der Waals surface area contributed by atoms with Crippen molar-refractivity contribution in [2.24, 2.45) is 5.73 Å². The lowest BCUT2D eigenvalue weighted by Crippen LogP contribution is -2.30. The lowest BCUT2D eigenvalue weighted by atomic mass is 10.2. The van der Waals surface area contributed by atoms with Crippen LogP contribution in [0.2, 0.25) is 0 Å². The number of sulfonamides is 1. The predicted molar refractivity (Wildman–Crippen MR) is 89.6 cm³/mol. The predicted octanol–water partition coefficient (Wildman–Crippen LogP) is 1.92. The van der Waals surface area contributed by atoms with E-state index in [2.05, 4.69) is 39.4 Å². The Hall–Kier alpha value is -0.470. The standard InChI is InChI=1S/C14H24BrN3O2S/c1-3-18(4-2)9-5-8-17-21(19,20)14-10-12(11-16)6-7-13(14)15/h6-7,10,17H,3-5,8-9,11,16H2,1-2H3. The van der Waals surface area contributed by atoms with E-state index < -0.39 is 10.0 Å². The fraction of sp³-hybridized carbons (Fsp3) is 0.571. The highest BCUT2D eigenvalue weighted by Gasteiger charge is 2.17. The lowest BCUT2D eigenvalue weighted by molar-refractivity contribution is 0.300. The van der Waals surface area contributed by atoms with Gasteiger partial charge in [-0.15, -0.1) is 0 Å². The summed E-state index contributed by atoms with van der Waals surface area (Å²) in [4.78, 5) is 2.51. The van der Waals surface area contributed by atoms with Gasteiger partial charge in [0.2, 0.25) is 10.0 Å². The van der Waals surface area contributed by atoms with Gasteiger partial charge in [0, 0.05) is 17.6 Å². The molecule has 0 saturated heterocycles. The third-order valence-corrected chi connectivity index (χ3v) is 5.81. The van der Waals surface area contributed by atoms with Crippen molar-refractivity contribution in [1.82, 2.24) is 9.62 Å². The molecule has 0 spiro atoms. The van der Waals surface area contributed by atoms with Crippen molar-refractivity contribution in [3.05, 3.63) is 28.2 Å². The van der Waals surface area contributed by atoms with E-state index in [0.29, 0.717) is 17.6 Å². The van der Waals surface area contributed by atoms with Gasteiger partial charge in [-0.3, -0.25) is 0 Å². The SMILES string of the molecule is CCN(CC)CCCNS(=O)(=O)c1cc(CN)ccc1Br. The van der Waals surface area contributed by atoms with E-state index in [4.69, 9.17) is 5.73 Å². The largest absolute Gasteiger partial charge is 0.326 e. The molecule has 1 aromatic carbocycles. The molecule has 1 rings (SSSR count). The first-order valence-corrected chi connectivity index (χ1v) is 9.42. The highest BCUT2D eigenvalue weighted by atomic mass is 79.9. The average Bonchev–Trinajstić information content (AvgIpc) is 2.47. The van der Waals surface area contributed by atoms with Crippen molar-refractivity contribution >= 4 is 26.0 Å². The van der Waals surface area contributed by atoms with Gasteiger partial charge in [0.1, 0.15) is 0 Å². The Morgan fingerprint density at radius 2 is 1.95 bits per heavy atom. The maximum Gasteiger partial charge on any atom is 0.241 e. The molecule has 0 bridgehead atoms. The van der Waals surface area contributed by atoms with Crippen molar-refractivity contribution in [2.45, 2.75) is 31.7 Å². The van der Waals surface area contributed by atoms with Crippen molar-refractivity contribution in [1.29, 1.82) is 0 Å². The van der Waals surface area contributed by atoms with Crippen LogP contribution in [0.1, 0.15) is 25.8 Å². The summed E-state index contributed by atoms with van der Waals surface area (Å²) in [5.74, 6) is 0. The number of halogens is 1. The molecular weight excluding hydrogens is 354 g/mol. The maximum atomic E-state index is 12.3. The van der Waals surface area contributed by atoms with Gasteiger partial charge in [-0.1, -0.05) is 19.9 Å². The van der Waals surface area contributed by atoms with Crippen molar-refractivity contribution in [3.8, 4) is 0 Å². The van der Waals surface area contributed by atoms with E-state index >= 15 is 0 Å². The Labute approximate surface area is 136 Å². The summed E-state index contributed by atoms with van der Waals surface area (Å²) in [7, 11) is -3.51. The maximum absolute atomic E-state index is 12.3. The lowest BCUT2D eigenvalue weighted by Gasteiger charge is -2.17. The van der Waals surface area contributed by atoms with Crippen LogP contribution in [0.3, 0.4) is 0 Å². The third kappa shape index (κ3) is 5.67. The molecular formula is C14H24BrN3O2S. The van der Waals surface area contributed by atoms with Gasteiger partial charge in [0.15, 0.2) is 0 Å². The van der Waals surface area contributed by atoms with Crippen LogP contribution in [0, 0.1) is 0 Å². The Morgan fingerprint density at radius 1 is 1.29 bits per heavy atom. The van der Waals surface area contributed by atoms with E-state index in [1.54, 1.807) is 12.1 Å². The molecule has 5 nitrogen and oxygen atoms in total. The topological polar surface area (TPSA) is 75.4 Å². The smallest absolute Gasteiger partial charge is 0.241 e. The molecule has 0 aliphatic carbocycles. The quantitative estimate of drug-likeness (QED) is 0.644. The molecule has 0 radical (unpaired) electrons. The van der Waals surface area contributed by atoms with Crippen molar-refractivity contribution in [2.75, 3.05) is 26.2 Å². The Morgan fingerprint density at radius 3 is 2.52 bits per heavy atom. The van der Waals surface area contributed by atoms with Crippen LogP contribution in [-0.2, 0) is 16.6 Å². The molecule has 3 N–H and O–H groups in total. The molecule has 0 saturated carbocycles. The van der Waals surface area contributed by atoms with Crippen LogP contribution in [0.5, 0.6) is 0 Å². The Bertz CT molecular complexity index is 545. The summed E-state index contributed by atoms with van der Waals surface area (Å²) in [5.41, 5.74) is 6.35. The summed E-state index contributed by atoms with van der Waals surface area (Å²) < 4.78 is 27.8. The summed E-state index contributed by atoms with van der Waals surface area (Å²) in [5, 5.41) is 0. The van der Waals surface area contributed by atoms with Gasteiger partial charge in [-0.25, -0.2) is 13.1 Å². The number of benzene rings is 1. The number of nitrogens with two attached hydrogens (primary N) is 1. The van der Waals surface area contributed by atoms with E-state index in [9.17, 15) is 8.42 Å². The van der Waals surface area contributed by atoms with Gasteiger partial charge < -0.3 is 10.6 Å². The molecule has 0 aromatic heterocycles. The van der Waals surface area contributed by atoms with Gasteiger partial charge in [-0.2, -0.15) is 0 Å². The monoisotopic (exact) mass is 377 g/mol. The average molecular weight is 378 g/mol. The van der Waals surface area contributed by atoms with Crippen LogP contribution in [0.4, 0.5) is 0 Å². The number of hydrogen-bond donors (Lipinski definition) is 2. The molecule has 0 amide bonds. The fourth-order valence-corrected chi connectivity index (χ4v) is 4.09. The van der Waals surface area contributed by atoms with Gasteiger partial charge in [0.25, 0.3) is 0 Å². The van der Waals surface area contributed by atoms with Crippen molar-refractivity contribution < 1.29 is 8.42 Å². The molecule has 120 valence electrons. The van der Waals surface area contributed by atoms with E-state index in [-0.39, 0.29) is 4.90 Å². The molecule has 0 heterocycles. The molecule has 1 aromatic rings. The zero-order valence-electron chi connectivity index (χ0n) is 12.6. The highest BCUT2D eigenvalue weighted by Crippen LogP contribution is 2.22. The minimum absolute atomic E-state index is 0.244. The van der Waals surface area contributed by atoms with E-state index in [1.165, 1.54) is 0 Å². The first-order valence-electron chi connectivity index (χ1n) is 7.15. The van der Waals surface area contributed by atoms with E-state index in [1.807, 2.05) is 6.07 Å². The normalized spacial score (nSPS) is 12.0. The molecule has 0 atom stereocenters. The second-order valence-corrected chi connectivity index (χ2v) is 7.34. The summed E-state index contributed by atoms with van der Waals surface area (Å²) >= 11 is 3.28. The first-order chi connectivity index (χ1) is 9.94. The third-order valence-electron chi connectivity index (χ3n) is 3.36. The van der Waals surface area contributed by atoms with Crippen LogP contribution in [0.25, 0.3) is 0 Å². The zero-order chi connectivity index (χ0) is 15.9. The molecule has 0 aliphatic rings. The van der Waals surface area contributed by atoms with Crippen LogP contribution in [-0.4, -0.2) is 39.5 Å². The molecule has 0 aliphatic heterocycles. The Balaban J connectivity index is 2.65. The second kappa shape index (κ2) is 8.85. The minimum atomic E-state index is -3.51. The highest BCUT2D eigenvalue weighted by molar-refractivity contribution is 9.10. The molecule has 21 heavy (non-hydrogen) atoms. The fourth-order valence-electron chi connectivity index (χ4n) is 2.01. The van der Waals surface area contributed by atoms with Gasteiger partial charge in [0.05, 0.1) is 4.90 Å². The van der Waals surface area contributed by atoms with Crippen LogP contribution in [0.15, 0.2) is 27.6 Å². The molecule has 0 unspecified atom stereocenters. The molecule has 7 heteroatoms. The van der Waals surface area contributed by atoms with Gasteiger partial charge >= 0.3 is 0 Å². The number of hydrogen-bond acceptors (Lipinski definition) is 4. The zero-order valence-corrected chi connectivity index (χ0v) is 15.0. The Kier molecular flexibility index (Phi) is 7.83. The van der Waals surface area contributed by atoms with Crippen LogP contribution >= 0.6 is 15.9 Å². The molecule has 0 fully saturated rings. The van der Waals surface area contributed by atoms with Crippen molar-refractivity contribution in [3.63, 3.8) is 0 Å². The van der Waals surface area contributed by atoms with Crippen LogP contribution < -0.4 is 10.5 Å². The number of nitrogens with zero attached hydrogens (tertiary/aromatic N) is 1. The summed E-state index contributed by atoms with van der Waals surface area (Å²) in [6.45, 7) is 7.79. The van der Waals surface area contributed by atoms with E-state index in [0.717, 1.165) is 31.6 Å². The first kappa shape index (κ1) is 18.6. The number of nitrogens with one attached hydrogen (secondary N) is 1. The van der Waals surface area contributed by atoms with Gasteiger partial charge in [-0.05, 0) is 59.7 Å².